The average molecular weight is 237 g/mol. The third-order valence-electron chi connectivity index (χ3n) is 4.28. The van der Waals surface area contributed by atoms with Crippen molar-refractivity contribution in [3.05, 3.63) is 0 Å². The Morgan fingerprint density at radius 2 is 1.94 bits per heavy atom. The second kappa shape index (κ2) is 3.24. The summed E-state index contributed by atoms with van der Waals surface area (Å²) < 4.78 is 5.29. The molecule has 17 heavy (non-hydrogen) atoms. The summed E-state index contributed by atoms with van der Waals surface area (Å²) in [6.45, 7) is 5.48. The minimum absolute atomic E-state index is 0.00329. The lowest BCUT2D eigenvalue weighted by molar-refractivity contribution is -0.157. The van der Waals surface area contributed by atoms with Crippen molar-refractivity contribution in [2.75, 3.05) is 0 Å². The molecule has 0 aromatic carbocycles. The van der Waals surface area contributed by atoms with E-state index in [0.29, 0.717) is 11.8 Å². The van der Waals surface area contributed by atoms with Crippen LogP contribution in [0.3, 0.4) is 0 Å². The third-order valence-corrected chi connectivity index (χ3v) is 4.28. The van der Waals surface area contributed by atoms with Crippen LogP contribution in [-0.4, -0.2) is 28.5 Å². The van der Waals surface area contributed by atoms with E-state index in [4.69, 9.17) is 4.74 Å². The predicted octanol–water partition coefficient (Wildman–Crippen LogP) is 2.18. The lowest BCUT2D eigenvalue weighted by Gasteiger charge is -2.47. The normalized spacial score (nSPS) is 39.0. The molecular weight excluding hydrogens is 218 g/mol. The average Bonchev–Trinajstić information content (AvgIpc) is 2.70. The Morgan fingerprint density at radius 3 is 2.59 bits per heavy atom. The first-order valence-electron chi connectivity index (χ1n) is 6.44. The van der Waals surface area contributed by atoms with Gasteiger partial charge in [-0.3, -0.25) is 4.79 Å². The molecule has 0 N–H and O–H groups in total. The van der Waals surface area contributed by atoms with Gasteiger partial charge in [-0.25, -0.2) is 9.69 Å². The molecule has 3 rings (SSSR count). The van der Waals surface area contributed by atoms with Crippen molar-refractivity contribution in [2.45, 2.75) is 51.7 Å². The van der Waals surface area contributed by atoms with Crippen LogP contribution in [0.5, 0.6) is 0 Å². The molecule has 1 heterocycles. The van der Waals surface area contributed by atoms with E-state index < -0.39 is 11.7 Å². The van der Waals surface area contributed by atoms with E-state index in [0.717, 1.165) is 6.42 Å². The molecule has 0 unspecified atom stereocenters. The minimum Gasteiger partial charge on any atom is -0.443 e. The SMILES string of the molecule is CC(C)(C)OC(=O)N1C(=O)[C@H]2[C@@H]3CC[C@@H](C3)[C@H]21. The fourth-order valence-corrected chi connectivity index (χ4v) is 3.73. The summed E-state index contributed by atoms with van der Waals surface area (Å²) in [7, 11) is 0. The van der Waals surface area contributed by atoms with Crippen LogP contribution in [0.4, 0.5) is 4.79 Å². The van der Waals surface area contributed by atoms with Gasteiger partial charge in [0.05, 0.1) is 12.0 Å². The second-order valence-electron chi connectivity index (χ2n) is 6.54. The van der Waals surface area contributed by atoms with Gasteiger partial charge in [0.15, 0.2) is 0 Å². The molecule has 1 aliphatic heterocycles. The maximum atomic E-state index is 12.0. The second-order valence-corrected chi connectivity index (χ2v) is 6.54. The number of ether oxygens (including phenoxy) is 1. The van der Waals surface area contributed by atoms with Crippen LogP contribution in [0.15, 0.2) is 0 Å². The van der Waals surface area contributed by atoms with Crippen molar-refractivity contribution >= 4 is 12.0 Å². The molecule has 3 aliphatic rings. The monoisotopic (exact) mass is 237 g/mol. The number of imide groups is 1. The highest BCUT2D eigenvalue weighted by Gasteiger charge is 2.64. The number of hydrogen-bond donors (Lipinski definition) is 0. The number of carbonyl (C=O) groups is 2. The molecule has 94 valence electrons. The van der Waals surface area contributed by atoms with Gasteiger partial charge in [-0.1, -0.05) is 0 Å². The number of carbonyl (C=O) groups excluding carboxylic acids is 2. The summed E-state index contributed by atoms with van der Waals surface area (Å²) in [5, 5.41) is 0. The van der Waals surface area contributed by atoms with E-state index in [2.05, 4.69) is 0 Å². The van der Waals surface area contributed by atoms with Gasteiger partial charge in [-0.15, -0.1) is 0 Å². The quantitative estimate of drug-likeness (QED) is 0.607. The van der Waals surface area contributed by atoms with Gasteiger partial charge in [0.1, 0.15) is 5.60 Å². The maximum absolute atomic E-state index is 12.0. The van der Waals surface area contributed by atoms with Crippen molar-refractivity contribution in [3.8, 4) is 0 Å². The third kappa shape index (κ3) is 1.49. The zero-order chi connectivity index (χ0) is 12.4. The number of hydrogen-bond acceptors (Lipinski definition) is 3. The van der Waals surface area contributed by atoms with Crippen LogP contribution in [-0.2, 0) is 9.53 Å². The van der Waals surface area contributed by atoms with Crippen molar-refractivity contribution < 1.29 is 14.3 Å². The Kier molecular flexibility index (Phi) is 2.11. The molecule has 0 aromatic rings. The Bertz CT molecular complexity index is 385. The van der Waals surface area contributed by atoms with Crippen LogP contribution in [0, 0.1) is 17.8 Å². The first-order chi connectivity index (χ1) is 7.88. The lowest BCUT2D eigenvalue weighted by atomic mass is 9.76. The number of fused-ring (bicyclic) bond motifs is 5. The van der Waals surface area contributed by atoms with Crippen molar-refractivity contribution in [1.29, 1.82) is 0 Å². The lowest BCUT2D eigenvalue weighted by Crippen LogP contribution is -2.65. The molecule has 2 amide bonds. The highest BCUT2D eigenvalue weighted by Crippen LogP contribution is 2.56. The number of amides is 2. The number of rotatable bonds is 0. The molecule has 2 saturated carbocycles. The van der Waals surface area contributed by atoms with Gasteiger partial charge >= 0.3 is 6.09 Å². The predicted molar refractivity (Wildman–Crippen MR) is 61.2 cm³/mol. The largest absolute Gasteiger partial charge is 0.443 e. The fraction of sp³-hybridized carbons (Fsp3) is 0.846. The van der Waals surface area contributed by atoms with Crippen molar-refractivity contribution in [3.63, 3.8) is 0 Å². The molecule has 4 atom stereocenters. The summed E-state index contributed by atoms with van der Waals surface area (Å²) in [4.78, 5) is 25.3. The number of likely N-dealkylation sites (tertiary alicyclic amines) is 1. The molecular formula is C13H19NO3. The summed E-state index contributed by atoms with van der Waals surface area (Å²) >= 11 is 0. The van der Waals surface area contributed by atoms with Gasteiger partial charge in [0.25, 0.3) is 0 Å². The van der Waals surface area contributed by atoms with Gasteiger partial charge in [0, 0.05) is 0 Å². The van der Waals surface area contributed by atoms with Crippen LogP contribution < -0.4 is 0 Å². The first-order valence-corrected chi connectivity index (χ1v) is 6.44. The molecule has 2 aliphatic carbocycles. The van der Waals surface area contributed by atoms with E-state index in [9.17, 15) is 9.59 Å². The van der Waals surface area contributed by atoms with E-state index >= 15 is 0 Å². The van der Waals surface area contributed by atoms with Gasteiger partial charge < -0.3 is 4.74 Å². The molecule has 4 heteroatoms. The van der Waals surface area contributed by atoms with E-state index in [-0.39, 0.29) is 17.9 Å². The van der Waals surface area contributed by atoms with Gasteiger partial charge in [-0.2, -0.15) is 0 Å². The highest BCUT2D eigenvalue weighted by molar-refractivity contribution is 6.00. The number of nitrogens with zero attached hydrogens (tertiary/aromatic N) is 1. The molecule has 3 fully saturated rings. The highest BCUT2D eigenvalue weighted by atomic mass is 16.6. The van der Waals surface area contributed by atoms with E-state index in [1.165, 1.54) is 17.7 Å². The van der Waals surface area contributed by atoms with Crippen LogP contribution in [0.25, 0.3) is 0 Å². The smallest absolute Gasteiger partial charge is 0.417 e. The Hall–Kier alpha value is -1.06. The zero-order valence-corrected chi connectivity index (χ0v) is 10.6. The van der Waals surface area contributed by atoms with E-state index in [1.807, 2.05) is 20.8 Å². The zero-order valence-electron chi connectivity index (χ0n) is 10.6. The Morgan fingerprint density at radius 1 is 1.29 bits per heavy atom. The molecule has 2 bridgehead atoms. The first kappa shape index (κ1) is 11.1. The number of β-lactam (4-membered cyclic amide) rings is 1. The summed E-state index contributed by atoms with van der Waals surface area (Å²) in [5.74, 6) is 1.20. The van der Waals surface area contributed by atoms with Crippen molar-refractivity contribution in [2.24, 2.45) is 17.8 Å². The molecule has 0 radical (unpaired) electrons. The van der Waals surface area contributed by atoms with Crippen LogP contribution >= 0.6 is 0 Å². The van der Waals surface area contributed by atoms with Gasteiger partial charge in [-0.05, 0) is 51.9 Å². The maximum Gasteiger partial charge on any atom is 0.417 e. The van der Waals surface area contributed by atoms with Gasteiger partial charge in [0.2, 0.25) is 5.91 Å². The summed E-state index contributed by atoms with van der Waals surface area (Å²) in [5.41, 5.74) is -0.528. The standard InChI is InChI=1S/C13H19NO3/c1-13(2,3)17-12(16)14-10-8-5-4-7(6-8)9(10)11(14)15/h7-10H,4-6H2,1-3H3/t7-,8+,9+,10-/m1/s1. The molecule has 0 aromatic heterocycles. The minimum atomic E-state index is -0.528. The van der Waals surface area contributed by atoms with Crippen molar-refractivity contribution in [1.82, 2.24) is 4.90 Å². The fourth-order valence-electron chi connectivity index (χ4n) is 3.73. The molecule has 0 spiro atoms. The molecule has 4 nitrogen and oxygen atoms in total. The Labute approximate surface area is 101 Å². The summed E-state index contributed by atoms with van der Waals surface area (Å²) in [6.07, 6.45) is 3.01. The summed E-state index contributed by atoms with van der Waals surface area (Å²) in [6, 6.07) is 0.149. The van der Waals surface area contributed by atoms with Crippen LogP contribution in [0.2, 0.25) is 0 Å². The van der Waals surface area contributed by atoms with Crippen LogP contribution in [0.1, 0.15) is 40.0 Å². The molecule has 1 saturated heterocycles. The Balaban J connectivity index is 1.74. The van der Waals surface area contributed by atoms with E-state index in [1.54, 1.807) is 0 Å². The topological polar surface area (TPSA) is 46.6 Å².